The van der Waals surface area contributed by atoms with Crippen LogP contribution in [0.5, 0.6) is 0 Å². The number of nitrogens with two attached hydrogens (primary N) is 1. The van der Waals surface area contributed by atoms with Crippen LogP contribution in [0.25, 0.3) is 11.3 Å². The molecule has 2 heterocycles. The maximum absolute atomic E-state index is 12.4. The van der Waals surface area contributed by atoms with Crippen LogP contribution in [0, 0.1) is 0 Å². The highest BCUT2D eigenvalue weighted by Gasteiger charge is 2.15. The van der Waals surface area contributed by atoms with Gasteiger partial charge in [-0.15, -0.1) is 0 Å². The molecule has 0 aliphatic carbocycles. The number of benzene rings is 1. The Balaban J connectivity index is 1.85. The highest BCUT2D eigenvalue weighted by molar-refractivity contribution is 6.06. The molecule has 122 valence electrons. The van der Waals surface area contributed by atoms with Gasteiger partial charge >= 0.3 is 0 Å². The van der Waals surface area contributed by atoms with Crippen LogP contribution in [0.4, 0.5) is 5.69 Å². The molecule has 1 aromatic carbocycles. The summed E-state index contributed by atoms with van der Waals surface area (Å²) in [4.78, 5) is 23.5. The highest BCUT2D eigenvalue weighted by Crippen LogP contribution is 2.26. The van der Waals surface area contributed by atoms with Gasteiger partial charge < -0.3 is 11.1 Å². The number of aryl methyl sites for hydroxylation is 2. The normalized spacial score (nSPS) is 10.6. The van der Waals surface area contributed by atoms with Crippen LogP contribution in [-0.4, -0.2) is 31.4 Å². The third kappa shape index (κ3) is 3.02. The first-order valence-electron chi connectivity index (χ1n) is 7.18. The van der Waals surface area contributed by atoms with E-state index in [-0.39, 0.29) is 5.91 Å². The summed E-state index contributed by atoms with van der Waals surface area (Å²) >= 11 is 0. The smallest absolute Gasteiger partial charge is 0.255 e. The number of hydrogen-bond donors (Lipinski definition) is 2. The number of carbonyl (C=O) groups excluding carboxylic acids is 2. The molecule has 3 aromatic rings. The predicted octanol–water partition coefficient (Wildman–Crippen LogP) is 1.17. The van der Waals surface area contributed by atoms with Crippen LogP contribution in [0.3, 0.4) is 0 Å². The van der Waals surface area contributed by atoms with E-state index in [9.17, 15) is 9.59 Å². The van der Waals surface area contributed by atoms with Gasteiger partial charge in [0.05, 0.1) is 11.9 Å². The fraction of sp³-hybridized carbons (Fsp3) is 0.125. The summed E-state index contributed by atoms with van der Waals surface area (Å²) in [7, 11) is 3.59. The van der Waals surface area contributed by atoms with Crippen molar-refractivity contribution in [2.75, 3.05) is 5.32 Å². The molecule has 0 aliphatic heterocycles. The molecule has 0 unspecified atom stereocenters. The van der Waals surface area contributed by atoms with Crippen molar-refractivity contribution in [3.8, 4) is 11.3 Å². The lowest BCUT2D eigenvalue weighted by molar-refractivity contribution is 0.0995. The quantitative estimate of drug-likeness (QED) is 0.751. The summed E-state index contributed by atoms with van der Waals surface area (Å²) in [5.74, 6) is -0.836. The number of carbonyl (C=O) groups is 2. The van der Waals surface area contributed by atoms with Crippen molar-refractivity contribution in [1.82, 2.24) is 19.6 Å². The lowest BCUT2D eigenvalue weighted by Gasteiger charge is -2.05. The van der Waals surface area contributed by atoms with Crippen molar-refractivity contribution in [3.05, 3.63) is 54.0 Å². The lowest BCUT2D eigenvalue weighted by atomic mass is 10.1. The second kappa shape index (κ2) is 5.99. The second-order valence-electron chi connectivity index (χ2n) is 5.36. The van der Waals surface area contributed by atoms with Crippen molar-refractivity contribution in [1.29, 1.82) is 0 Å². The fourth-order valence-corrected chi connectivity index (χ4v) is 2.32. The Morgan fingerprint density at radius 3 is 2.29 bits per heavy atom. The molecule has 0 fully saturated rings. The maximum Gasteiger partial charge on any atom is 0.255 e. The molecule has 0 radical (unpaired) electrons. The van der Waals surface area contributed by atoms with Crippen molar-refractivity contribution >= 4 is 17.5 Å². The Morgan fingerprint density at radius 1 is 1.04 bits per heavy atom. The molecule has 24 heavy (non-hydrogen) atoms. The number of amides is 2. The van der Waals surface area contributed by atoms with Crippen molar-refractivity contribution in [3.63, 3.8) is 0 Å². The van der Waals surface area contributed by atoms with Crippen LogP contribution in [0.2, 0.25) is 0 Å². The average Bonchev–Trinajstić information content (AvgIpc) is 3.13. The third-order valence-electron chi connectivity index (χ3n) is 3.49. The van der Waals surface area contributed by atoms with Crippen LogP contribution >= 0.6 is 0 Å². The van der Waals surface area contributed by atoms with E-state index < -0.39 is 5.91 Å². The zero-order chi connectivity index (χ0) is 17.3. The van der Waals surface area contributed by atoms with Gasteiger partial charge in [0.2, 0.25) is 5.91 Å². The zero-order valence-electron chi connectivity index (χ0n) is 13.2. The van der Waals surface area contributed by atoms with Crippen LogP contribution in [0.1, 0.15) is 20.7 Å². The van der Waals surface area contributed by atoms with Gasteiger partial charge in [-0.1, -0.05) is 0 Å². The minimum absolute atomic E-state index is 0.302. The van der Waals surface area contributed by atoms with E-state index in [2.05, 4.69) is 15.5 Å². The van der Waals surface area contributed by atoms with Gasteiger partial charge in [0.15, 0.2) is 0 Å². The van der Waals surface area contributed by atoms with Gasteiger partial charge in [-0.2, -0.15) is 10.2 Å². The summed E-state index contributed by atoms with van der Waals surface area (Å²) in [6.45, 7) is 0. The van der Waals surface area contributed by atoms with Gasteiger partial charge in [-0.05, 0) is 24.3 Å². The monoisotopic (exact) mass is 324 g/mol. The fourth-order valence-electron chi connectivity index (χ4n) is 2.32. The summed E-state index contributed by atoms with van der Waals surface area (Å²) in [5, 5.41) is 11.3. The number of primary amides is 1. The van der Waals surface area contributed by atoms with Gasteiger partial charge in [-0.25, -0.2) is 0 Å². The van der Waals surface area contributed by atoms with E-state index in [4.69, 9.17) is 5.73 Å². The number of nitrogens with one attached hydrogen (secondary N) is 1. The molecule has 0 saturated carbocycles. The molecular formula is C16H16N6O2. The number of rotatable bonds is 4. The molecule has 3 N–H and O–H groups in total. The van der Waals surface area contributed by atoms with Gasteiger partial charge in [0, 0.05) is 43.2 Å². The van der Waals surface area contributed by atoms with E-state index in [1.807, 2.05) is 13.2 Å². The molecule has 8 heteroatoms. The molecule has 3 rings (SSSR count). The minimum Gasteiger partial charge on any atom is -0.366 e. The standard InChI is InChI=1S/C16H16N6O2/c1-21-8-12(7-18-21)14-13(9-22(2)20-14)19-16(24)11-5-3-10(4-6-11)15(17)23/h3-9H,1-2H3,(H2,17,23)(H,19,24). The molecule has 0 atom stereocenters. The summed E-state index contributed by atoms with van der Waals surface area (Å²) in [6.07, 6.45) is 5.22. The Hall–Kier alpha value is -3.42. The van der Waals surface area contributed by atoms with E-state index in [0.29, 0.717) is 22.5 Å². The first-order chi connectivity index (χ1) is 11.4. The van der Waals surface area contributed by atoms with Crippen LogP contribution in [-0.2, 0) is 14.1 Å². The van der Waals surface area contributed by atoms with Crippen LogP contribution in [0.15, 0.2) is 42.9 Å². The first-order valence-corrected chi connectivity index (χ1v) is 7.18. The summed E-state index contributed by atoms with van der Waals surface area (Å²) in [5.41, 5.74) is 7.98. The number of nitrogens with zero attached hydrogens (tertiary/aromatic N) is 4. The first kappa shape index (κ1) is 15.5. The Bertz CT molecular complexity index is 907. The molecule has 0 aliphatic rings. The number of aromatic nitrogens is 4. The molecular weight excluding hydrogens is 308 g/mol. The molecule has 0 bridgehead atoms. The average molecular weight is 324 g/mol. The molecule has 8 nitrogen and oxygen atoms in total. The largest absolute Gasteiger partial charge is 0.366 e. The second-order valence-corrected chi connectivity index (χ2v) is 5.36. The predicted molar refractivity (Wildman–Crippen MR) is 88.3 cm³/mol. The van der Waals surface area contributed by atoms with E-state index in [1.165, 1.54) is 12.1 Å². The minimum atomic E-state index is -0.534. The maximum atomic E-state index is 12.4. The zero-order valence-corrected chi connectivity index (χ0v) is 13.2. The Kier molecular flexibility index (Phi) is 3.87. The molecule has 2 amide bonds. The highest BCUT2D eigenvalue weighted by atomic mass is 16.2. The lowest BCUT2D eigenvalue weighted by Crippen LogP contribution is -2.14. The van der Waals surface area contributed by atoms with Crippen LogP contribution < -0.4 is 11.1 Å². The van der Waals surface area contributed by atoms with Gasteiger partial charge in [0.1, 0.15) is 5.69 Å². The molecule has 2 aromatic heterocycles. The number of hydrogen-bond acceptors (Lipinski definition) is 4. The summed E-state index contributed by atoms with van der Waals surface area (Å²) in [6, 6.07) is 6.14. The van der Waals surface area contributed by atoms with E-state index >= 15 is 0 Å². The molecule has 0 spiro atoms. The summed E-state index contributed by atoms with van der Waals surface area (Å²) < 4.78 is 3.28. The van der Waals surface area contributed by atoms with Gasteiger partial charge in [-0.3, -0.25) is 19.0 Å². The Labute approximate surface area is 137 Å². The third-order valence-corrected chi connectivity index (χ3v) is 3.49. The van der Waals surface area contributed by atoms with Crippen molar-refractivity contribution in [2.45, 2.75) is 0 Å². The van der Waals surface area contributed by atoms with E-state index in [1.54, 1.807) is 40.9 Å². The van der Waals surface area contributed by atoms with Crippen molar-refractivity contribution < 1.29 is 9.59 Å². The SMILES string of the molecule is Cn1cc(-c2nn(C)cc2NC(=O)c2ccc(C(N)=O)cc2)cn1. The van der Waals surface area contributed by atoms with Gasteiger partial charge in [0.25, 0.3) is 5.91 Å². The van der Waals surface area contributed by atoms with E-state index in [0.717, 1.165) is 5.56 Å². The topological polar surface area (TPSA) is 108 Å². The van der Waals surface area contributed by atoms with Crippen molar-refractivity contribution in [2.24, 2.45) is 19.8 Å². The number of anilines is 1. The molecule has 0 saturated heterocycles. The Morgan fingerprint density at radius 2 is 1.71 bits per heavy atom.